The molecule has 1 atom stereocenters. The topological polar surface area (TPSA) is 29.1 Å². The number of hydrogen-bond donors (Lipinski definition) is 1. The molecule has 0 unspecified atom stereocenters. The van der Waals surface area contributed by atoms with E-state index in [0.717, 1.165) is 12.0 Å². The highest BCUT2D eigenvalue weighted by molar-refractivity contribution is 6.30. The minimum atomic E-state index is -0.0909. The first-order valence-electron chi connectivity index (χ1n) is 7.81. The Labute approximate surface area is 143 Å². The maximum absolute atomic E-state index is 12.2. The van der Waals surface area contributed by atoms with Crippen molar-refractivity contribution in [2.75, 3.05) is 0 Å². The van der Waals surface area contributed by atoms with Crippen molar-refractivity contribution >= 4 is 23.6 Å². The van der Waals surface area contributed by atoms with E-state index in [1.165, 1.54) is 16.7 Å². The Hall–Kier alpha value is -2.06. The van der Waals surface area contributed by atoms with Crippen molar-refractivity contribution in [3.63, 3.8) is 0 Å². The first-order valence-corrected chi connectivity index (χ1v) is 8.18. The molecule has 0 aliphatic rings. The third-order valence-electron chi connectivity index (χ3n) is 3.82. The van der Waals surface area contributed by atoms with Crippen molar-refractivity contribution in [3.05, 3.63) is 75.8 Å². The van der Waals surface area contributed by atoms with Gasteiger partial charge in [0.2, 0.25) is 5.91 Å². The van der Waals surface area contributed by atoms with Crippen LogP contribution in [0.4, 0.5) is 0 Å². The highest BCUT2D eigenvalue weighted by Gasteiger charge is 2.13. The molecule has 0 aromatic heterocycles. The summed E-state index contributed by atoms with van der Waals surface area (Å²) in [4.78, 5) is 12.2. The van der Waals surface area contributed by atoms with Crippen LogP contribution in [0.15, 0.2) is 48.5 Å². The lowest BCUT2D eigenvalue weighted by atomic mass is 9.97. The van der Waals surface area contributed by atoms with Crippen LogP contribution in [0, 0.1) is 13.8 Å². The fourth-order valence-electron chi connectivity index (χ4n) is 2.58. The Morgan fingerprint density at radius 3 is 2.48 bits per heavy atom. The third kappa shape index (κ3) is 4.97. The number of aryl methyl sites for hydroxylation is 2. The van der Waals surface area contributed by atoms with Crippen LogP contribution in [-0.2, 0) is 4.79 Å². The van der Waals surface area contributed by atoms with E-state index in [2.05, 4.69) is 44.3 Å². The van der Waals surface area contributed by atoms with Gasteiger partial charge in [-0.3, -0.25) is 4.79 Å². The Bertz CT molecular complexity index is 704. The van der Waals surface area contributed by atoms with Crippen LogP contribution in [0.5, 0.6) is 0 Å². The molecule has 2 nitrogen and oxygen atoms in total. The van der Waals surface area contributed by atoms with Crippen molar-refractivity contribution < 1.29 is 4.79 Å². The molecule has 1 N–H and O–H groups in total. The fraction of sp³-hybridized carbons (Fsp3) is 0.250. The predicted molar refractivity (Wildman–Crippen MR) is 97.6 cm³/mol. The number of halogens is 1. The molecule has 0 bridgehead atoms. The van der Waals surface area contributed by atoms with Crippen molar-refractivity contribution in [2.45, 2.75) is 33.2 Å². The monoisotopic (exact) mass is 327 g/mol. The summed E-state index contributed by atoms with van der Waals surface area (Å²) in [5.74, 6) is -0.0909. The molecule has 0 saturated carbocycles. The molecule has 2 aromatic rings. The van der Waals surface area contributed by atoms with Crippen LogP contribution >= 0.6 is 11.6 Å². The van der Waals surface area contributed by atoms with Gasteiger partial charge >= 0.3 is 0 Å². The van der Waals surface area contributed by atoms with Crippen LogP contribution in [0.2, 0.25) is 5.02 Å². The second kappa shape index (κ2) is 7.98. The van der Waals surface area contributed by atoms with E-state index in [1.807, 2.05) is 24.3 Å². The standard InChI is InChI=1S/C20H22ClNO/c1-4-19(18-11-5-14(2)13-15(18)3)22-20(23)12-8-16-6-9-17(21)10-7-16/h5-13,19H,4H2,1-3H3,(H,22,23)/b12-8+/t19-/m0/s1. The number of nitrogens with one attached hydrogen (secondary N) is 1. The number of carbonyl (C=O) groups is 1. The Morgan fingerprint density at radius 2 is 1.87 bits per heavy atom. The van der Waals surface area contributed by atoms with Gasteiger partial charge in [-0.05, 0) is 55.2 Å². The van der Waals surface area contributed by atoms with E-state index in [0.29, 0.717) is 5.02 Å². The van der Waals surface area contributed by atoms with E-state index >= 15 is 0 Å². The minimum Gasteiger partial charge on any atom is -0.346 e. The summed E-state index contributed by atoms with van der Waals surface area (Å²) < 4.78 is 0. The molecule has 0 heterocycles. The zero-order valence-corrected chi connectivity index (χ0v) is 14.5. The molecule has 0 spiro atoms. The van der Waals surface area contributed by atoms with Crippen molar-refractivity contribution in [3.8, 4) is 0 Å². The highest BCUT2D eigenvalue weighted by atomic mass is 35.5. The molecule has 120 valence electrons. The molecular weight excluding hydrogens is 306 g/mol. The number of carbonyl (C=O) groups excluding carboxylic acids is 1. The number of amides is 1. The fourth-order valence-corrected chi connectivity index (χ4v) is 2.71. The van der Waals surface area contributed by atoms with E-state index in [4.69, 9.17) is 11.6 Å². The maximum Gasteiger partial charge on any atom is 0.244 e. The van der Waals surface area contributed by atoms with Gasteiger partial charge < -0.3 is 5.32 Å². The summed E-state index contributed by atoms with van der Waals surface area (Å²) in [6.45, 7) is 6.24. The molecular formula is C20H22ClNO. The van der Waals surface area contributed by atoms with Gasteiger partial charge in [0.1, 0.15) is 0 Å². The summed E-state index contributed by atoms with van der Waals surface area (Å²) in [6, 6.07) is 13.7. The largest absolute Gasteiger partial charge is 0.346 e. The Kier molecular flexibility index (Phi) is 6.00. The molecule has 0 aliphatic carbocycles. The average Bonchev–Trinajstić information content (AvgIpc) is 2.52. The van der Waals surface area contributed by atoms with Crippen LogP contribution in [0.3, 0.4) is 0 Å². The first-order chi connectivity index (χ1) is 11.0. The van der Waals surface area contributed by atoms with Crippen molar-refractivity contribution in [2.24, 2.45) is 0 Å². The van der Waals surface area contributed by atoms with Crippen LogP contribution in [-0.4, -0.2) is 5.91 Å². The summed E-state index contributed by atoms with van der Waals surface area (Å²) >= 11 is 5.85. The minimum absolute atomic E-state index is 0.0259. The molecule has 2 rings (SSSR count). The van der Waals surface area contributed by atoms with Crippen molar-refractivity contribution in [1.29, 1.82) is 0 Å². The SMILES string of the molecule is CC[C@H](NC(=O)/C=C/c1ccc(Cl)cc1)c1ccc(C)cc1C. The normalized spacial score (nSPS) is 12.3. The van der Waals surface area contributed by atoms with Gasteiger partial charge in [-0.1, -0.05) is 54.4 Å². The highest BCUT2D eigenvalue weighted by Crippen LogP contribution is 2.21. The molecule has 1 amide bonds. The molecule has 0 aliphatic heterocycles. The predicted octanol–water partition coefficient (Wildman–Crippen LogP) is 5.24. The summed E-state index contributed by atoms with van der Waals surface area (Å²) in [6.07, 6.45) is 4.21. The maximum atomic E-state index is 12.2. The van der Waals surface area contributed by atoms with Crippen molar-refractivity contribution in [1.82, 2.24) is 5.32 Å². The van der Waals surface area contributed by atoms with Gasteiger partial charge in [-0.25, -0.2) is 0 Å². The molecule has 0 radical (unpaired) electrons. The average molecular weight is 328 g/mol. The summed E-state index contributed by atoms with van der Waals surface area (Å²) in [5.41, 5.74) is 4.56. The van der Waals surface area contributed by atoms with Crippen LogP contribution in [0.25, 0.3) is 6.08 Å². The van der Waals surface area contributed by atoms with E-state index in [9.17, 15) is 4.79 Å². The van der Waals surface area contributed by atoms with Gasteiger partial charge in [0.25, 0.3) is 0 Å². The molecule has 3 heteroatoms. The lowest BCUT2D eigenvalue weighted by Crippen LogP contribution is -2.26. The summed E-state index contributed by atoms with van der Waals surface area (Å²) in [5, 5.41) is 3.76. The molecule has 0 saturated heterocycles. The second-order valence-electron chi connectivity index (χ2n) is 5.71. The number of hydrogen-bond acceptors (Lipinski definition) is 1. The molecule has 23 heavy (non-hydrogen) atoms. The van der Waals surface area contributed by atoms with E-state index in [-0.39, 0.29) is 11.9 Å². The van der Waals surface area contributed by atoms with Gasteiger partial charge in [-0.2, -0.15) is 0 Å². The smallest absolute Gasteiger partial charge is 0.244 e. The molecule has 2 aromatic carbocycles. The molecule has 0 fully saturated rings. The lowest BCUT2D eigenvalue weighted by molar-refractivity contribution is -0.117. The quantitative estimate of drug-likeness (QED) is 0.748. The Balaban J connectivity index is 2.06. The Morgan fingerprint density at radius 1 is 1.17 bits per heavy atom. The second-order valence-corrected chi connectivity index (χ2v) is 6.15. The van der Waals surface area contributed by atoms with Gasteiger partial charge in [0.15, 0.2) is 0 Å². The number of benzene rings is 2. The van der Waals surface area contributed by atoms with Crippen LogP contribution in [0.1, 0.15) is 41.6 Å². The van der Waals surface area contributed by atoms with Gasteiger partial charge in [-0.15, -0.1) is 0 Å². The van der Waals surface area contributed by atoms with Crippen LogP contribution < -0.4 is 5.32 Å². The third-order valence-corrected chi connectivity index (χ3v) is 4.07. The van der Waals surface area contributed by atoms with Gasteiger partial charge in [0, 0.05) is 11.1 Å². The van der Waals surface area contributed by atoms with E-state index in [1.54, 1.807) is 12.2 Å². The zero-order chi connectivity index (χ0) is 16.8. The summed E-state index contributed by atoms with van der Waals surface area (Å²) in [7, 11) is 0. The van der Waals surface area contributed by atoms with Gasteiger partial charge in [0.05, 0.1) is 6.04 Å². The van der Waals surface area contributed by atoms with E-state index < -0.39 is 0 Å². The number of rotatable bonds is 5. The zero-order valence-electron chi connectivity index (χ0n) is 13.8. The lowest BCUT2D eigenvalue weighted by Gasteiger charge is -2.19. The first kappa shape index (κ1) is 17.3.